The van der Waals surface area contributed by atoms with Crippen molar-refractivity contribution < 1.29 is 0 Å². The van der Waals surface area contributed by atoms with Crippen LogP contribution in [0.2, 0.25) is 0 Å². The van der Waals surface area contributed by atoms with Gasteiger partial charge in [0.2, 0.25) is 0 Å². The molecule has 0 aliphatic carbocycles. The van der Waals surface area contributed by atoms with Gasteiger partial charge in [-0.1, -0.05) is 34.6 Å². The lowest BCUT2D eigenvalue weighted by Crippen LogP contribution is -2.58. The summed E-state index contributed by atoms with van der Waals surface area (Å²) in [6.07, 6.45) is 3.98. The Bertz CT molecular complexity index is 201. The molecule has 1 N–H and O–H groups in total. The van der Waals surface area contributed by atoms with E-state index < -0.39 is 0 Å². The average molecular weight is 240 g/mol. The first-order valence-corrected chi connectivity index (χ1v) is 7.52. The zero-order valence-electron chi connectivity index (χ0n) is 12.5. The second-order valence-electron chi connectivity index (χ2n) is 6.36. The van der Waals surface area contributed by atoms with Gasteiger partial charge in [-0.3, -0.25) is 4.90 Å². The van der Waals surface area contributed by atoms with Crippen molar-refractivity contribution in [1.29, 1.82) is 0 Å². The van der Waals surface area contributed by atoms with Crippen LogP contribution in [0.25, 0.3) is 0 Å². The highest BCUT2D eigenvalue weighted by Gasteiger charge is 2.28. The van der Waals surface area contributed by atoms with Crippen LogP contribution in [-0.4, -0.2) is 36.6 Å². The second-order valence-corrected chi connectivity index (χ2v) is 6.36. The fourth-order valence-corrected chi connectivity index (χ4v) is 2.79. The number of piperazine rings is 1. The largest absolute Gasteiger partial charge is 0.311 e. The Morgan fingerprint density at radius 2 is 1.94 bits per heavy atom. The predicted molar refractivity (Wildman–Crippen MR) is 76.4 cm³/mol. The highest BCUT2D eigenvalue weighted by Crippen LogP contribution is 2.17. The van der Waals surface area contributed by atoms with E-state index in [9.17, 15) is 0 Å². The SMILES string of the molecule is CCC1CN(CCCC(C)C)C(C(C)C)CN1. The molecule has 1 heterocycles. The van der Waals surface area contributed by atoms with E-state index in [1.54, 1.807) is 0 Å². The van der Waals surface area contributed by atoms with Crippen molar-refractivity contribution in [2.24, 2.45) is 11.8 Å². The van der Waals surface area contributed by atoms with Gasteiger partial charge in [-0.05, 0) is 37.6 Å². The molecule has 0 aromatic heterocycles. The number of hydrogen-bond acceptors (Lipinski definition) is 2. The van der Waals surface area contributed by atoms with E-state index in [2.05, 4.69) is 44.8 Å². The topological polar surface area (TPSA) is 15.3 Å². The molecule has 1 rings (SSSR count). The summed E-state index contributed by atoms with van der Waals surface area (Å²) in [7, 11) is 0. The van der Waals surface area contributed by atoms with Crippen molar-refractivity contribution in [3.8, 4) is 0 Å². The van der Waals surface area contributed by atoms with Gasteiger partial charge >= 0.3 is 0 Å². The lowest BCUT2D eigenvalue weighted by atomic mass is 9.97. The van der Waals surface area contributed by atoms with E-state index in [0.29, 0.717) is 6.04 Å². The molecule has 0 saturated carbocycles. The van der Waals surface area contributed by atoms with Crippen LogP contribution in [-0.2, 0) is 0 Å². The quantitative estimate of drug-likeness (QED) is 0.767. The van der Waals surface area contributed by atoms with Crippen LogP contribution in [0.3, 0.4) is 0 Å². The van der Waals surface area contributed by atoms with Crippen LogP contribution < -0.4 is 5.32 Å². The normalized spacial score (nSPS) is 27.0. The Kier molecular flexibility index (Phi) is 6.50. The van der Waals surface area contributed by atoms with Gasteiger partial charge in [0.1, 0.15) is 0 Å². The van der Waals surface area contributed by atoms with Crippen LogP contribution in [0.1, 0.15) is 53.9 Å². The molecule has 2 atom stereocenters. The fourth-order valence-electron chi connectivity index (χ4n) is 2.79. The molecule has 2 nitrogen and oxygen atoms in total. The van der Waals surface area contributed by atoms with Crippen LogP contribution in [0.4, 0.5) is 0 Å². The maximum absolute atomic E-state index is 3.69. The Hall–Kier alpha value is -0.0800. The van der Waals surface area contributed by atoms with Gasteiger partial charge in [-0.2, -0.15) is 0 Å². The Labute approximate surface area is 108 Å². The van der Waals surface area contributed by atoms with Crippen LogP contribution in [0.15, 0.2) is 0 Å². The summed E-state index contributed by atoms with van der Waals surface area (Å²) in [6, 6.07) is 1.45. The van der Waals surface area contributed by atoms with Gasteiger partial charge in [0.25, 0.3) is 0 Å². The fraction of sp³-hybridized carbons (Fsp3) is 1.00. The first-order valence-electron chi connectivity index (χ1n) is 7.52. The van der Waals surface area contributed by atoms with Gasteiger partial charge in [0.15, 0.2) is 0 Å². The lowest BCUT2D eigenvalue weighted by Gasteiger charge is -2.42. The first kappa shape index (κ1) is 15.0. The first-order chi connectivity index (χ1) is 8.04. The zero-order chi connectivity index (χ0) is 12.8. The Balaban J connectivity index is 2.43. The van der Waals surface area contributed by atoms with Gasteiger partial charge in [-0.25, -0.2) is 0 Å². The zero-order valence-corrected chi connectivity index (χ0v) is 12.5. The van der Waals surface area contributed by atoms with Crippen molar-refractivity contribution in [3.05, 3.63) is 0 Å². The van der Waals surface area contributed by atoms with Crippen molar-refractivity contribution >= 4 is 0 Å². The molecular formula is C15H32N2. The van der Waals surface area contributed by atoms with Gasteiger partial charge in [0, 0.05) is 25.2 Å². The number of hydrogen-bond donors (Lipinski definition) is 1. The van der Waals surface area contributed by atoms with E-state index >= 15 is 0 Å². The molecule has 0 aromatic rings. The maximum Gasteiger partial charge on any atom is 0.0244 e. The molecule has 1 fully saturated rings. The molecular weight excluding hydrogens is 208 g/mol. The molecule has 102 valence electrons. The molecule has 0 aromatic carbocycles. The monoisotopic (exact) mass is 240 g/mol. The molecule has 17 heavy (non-hydrogen) atoms. The Morgan fingerprint density at radius 1 is 1.24 bits per heavy atom. The lowest BCUT2D eigenvalue weighted by molar-refractivity contribution is 0.0943. The molecule has 0 spiro atoms. The molecule has 0 amide bonds. The maximum atomic E-state index is 3.69. The highest BCUT2D eigenvalue weighted by atomic mass is 15.2. The predicted octanol–water partition coefficient (Wildman–Crippen LogP) is 3.13. The summed E-state index contributed by atoms with van der Waals surface area (Å²) in [5.41, 5.74) is 0. The van der Waals surface area contributed by atoms with E-state index in [4.69, 9.17) is 0 Å². The third-order valence-corrected chi connectivity index (χ3v) is 4.03. The van der Waals surface area contributed by atoms with E-state index in [-0.39, 0.29) is 0 Å². The van der Waals surface area contributed by atoms with Gasteiger partial charge in [-0.15, -0.1) is 0 Å². The minimum Gasteiger partial charge on any atom is -0.311 e. The summed E-state index contributed by atoms with van der Waals surface area (Å²) >= 11 is 0. The van der Waals surface area contributed by atoms with Crippen molar-refractivity contribution in [2.75, 3.05) is 19.6 Å². The summed E-state index contributed by atoms with van der Waals surface area (Å²) < 4.78 is 0. The molecule has 1 aliphatic heterocycles. The number of nitrogens with one attached hydrogen (secondary N) is 1. The third kappa shape index (κ3) is 4.97. The molecule has 0 bridgehead atoms. The smallest absolute Gasteiger partial charge is 0.0244 e. The average Bonchev–Trinajstić information content (AvgIpc) is 2.28. The Morgan fingerprint density at radius 3 is 2.47 bits per heavy atom. The van der Waals surface area contributed by atoms with Crippen molar-refractivity contribution in [3.63, 3.8) is 0 Å². The summed E-state index contributed by atoms with van der Waals surface area (Å²) in [6.45, 7) is 15.4. The van der Waals surface area contributed by atoms with E-state index in [1.807, 2.05) is 0 Å². The van der Waals surface area contributed by atoms with Gasteiger partial charge in [0.05, 0.1) is 0 Å². The second kappa shape index (κ2) is 7.38. The van der Waals surface area contributed by atoms with Crippen molar-refractivity contribution in [2.45, 2.75) is 66.0 Å². The van der Waals surface area contributed by atoms with Crippen LogP contribution in [0, 0.1) is 11.8 Å². The molecule has 1 saturated heterocycles. The van der Waals surface area contributed by atoms with E-state index in [1.165, 1.54) is 38.9 Å². The molecule has 2 heteroatoms. The van der Waals surface area contributed by atoms with Crippen molar-refractivity contribution in [1.82, 2.24) is 10.2 Å². The van der Waals surface area contributed by atoms with Crippen LogP contribution >= 0.6 is 0 Å². The number of nitrogens with zero attached hydrogens (tertiary/aromatic N) is 1. The molecule has 1 aliphatic rings. The highest BCUT2D eigenvalue weighted by molar-refractivity contribution is 4.87. The standard InChI is InChI=1S/C15H32N2/c1-6-14-11-17(9-7-8-12(2)3)15(10-16-14)13(4)5/h12-16H,6-11H2,1-5H3. The minimum atomic E-state index is 0.712. The molecule has 2 unspecified atom stereocenters. The van der Waals surface area contributed by atoms with Gasteiger partial charge < -0.3 is 5.32 Å². The third-order valence-electron chi connectivity index (χ3n) is 4.03. The summed E-state index contributed by atoms with van der Waals surface area (Å²) in [5.74, 6) is 1.61. The molecule has 0 radical (unpaired) electrons. The summed E-state index contributed by atoms with van der Waals surface area (Å²) in [5, 5.41) is 3.69. The summed E-state index contributed by atoms with van der Waals surface area (Å²) in [4.78, 5) is 2.73. The van der Waals surface area contributed by atoms with Crippen LogP contribution in [0.5, 0.6) is 0 Å². The number of rotatable bonds is 6. The van der Waals surface area contributed by atoms with E-state index in [0.717, 1.165) is 17.9 Å². The minimum absolute atomic E-state index is 0.712.